The first-order valence-electron chi connectivity index (χ1n) is 7.82. The monoisotopic (exact) mass is 291 g/mol. The third-order valence-electron chi connectivity index (χ3n) is 4.58. The quantitative estimate of drug-likeness (QED) is 0.602. The Morgan fingerprint density at radius 2 is 1.91 bits per heavy atom. The summed E-state index contributed by atoms with van der Waals surface area (Å²) < 4.78 is 1.97. The summed E-state index contributed by atoms with van der Waals surface area (Å²) >= 11 is 0. The van der Waals surface area contributed by atoms with Crippen molar-refractivity contribution in [1.29, 1.82) is 0 Å². The summed E-state index contributed by atoms with van der Waals surface area (Å²) in [7, 11) is 0. The van der Waals surface area contributed by atoms with E-state index in [1.807, 2.05) is 16.7 Å². The van der Waals surface area contributed by atoms with Crippen LogP contribution in [0.1, 0.15) is 47.8 Å². The second kappa shape index (κ2) is 5.80. The van der Waals surface area contributed by atoms with Gasteiger partial charge in [-0.25, -0.2) is 0 Å². The lowest BCUT2D eigenvalue weighted by Crippen LogP contribution is -1.94. The zero-order valence-electron chi connectivity index (χ0n) is 13.3. The summed E-state index contributed by atoms with van der Waals surface area (Å²) in [4.78, 5) is 11.6. The van der Waals surface area contributed by atoms with Crippen molar-refractivity contribution in [2.24, 2.45) is 0 Å². The van der Waals surface area contributed by atoms with Gasteiger partial charge in [0.25, 0.3) is 0 Å². The standard InChI is InChI=1S/C20H21NO/c1-4-14(2)16-7-9-17(10-8-16)18-12-19-15(3)6-5-11-21(19)20(18)13-22/h5-14H,4H2,1-3H3. The second-order valence-corrected chi connectivity index (χ2v) is 5.94. The van der Waals surface area contributed by atoms with Crippen molar-refractivity contribution < 1.29 is 4.79 Å². The van der Waals surface area contributed by atoms with E-state index < -0.39 is 0 Å². The first kappa shape index (κ1) is 14.6. The Balaban J connectivity index is 2.13. The molecule has 0 saturated heterocycles. The molecule has 112 valence electrons. The first-order valence-corrected chi connectivity index (χ1v) is 7.82. The number of hydrogen-bond donors (Lipinski definition) is 0. The molecule has 0 aliphatic carbocycles. The maximum Gasteiger partial charge on any atom is 0.167 e. The highest BCUT2D eigenvalue weighted by molar-refractivity contribution is 5.90. The largest absolute Gasteiger partial charge is 0.313 e. The Hall–Kier alpha value is -2.35. The lowest BCUT2D eigenvalue weighted by Gasteiger charge is -2.09. The van der Waals surface area contributed by atoms with E-state index in [9.17, 15) is 4.79 Å². The Kier molecular flexibility index (Phi) is 3.84. The van der Waals surface area contributed by atoms with E-state index >= 15 is 0 Å². The fourth-order valence-corrected chi connectivity index (χ4v) is 2.94. The smallest absolute Gasteiger partial charge is 0.167 e. The van der Waals surface area contributed by atoms with Crippen LogP contribution in [0, 0.1) is 6.92 Å². The molecule has 0 fully saturated rings. The Bertz CT molecular complexity index is 812. The number of benzene rings is 1. The van der Waals surface area contributed by atoms with E-state index in [0.717, 1.165) is 35.0 Å². The molecule has 2 nitrogen and oxygen atoms in total. The lowest BCUT2D eigenvalue weighted by molar-refractivity contribution is 0.111. The van der Waals surface area contributed by atoms with E-state index in [2.05, 4.69) is 57.2 Å². The van der Waals surface area contributed by atoms with Crippen LogP contribution in [0.5, 0.6) is 0 Å². The predicted octanol–water partition coefficient (Wildman–Crippen LogP) is 5.24. The molecule has 22 heavy (non-hydrogen) atoms. The minimum atomic E-state index is 0.565. The number of aldehydes is 1. The van der Waals surface area contributed by atoms with E-state index in [0.29, 0.717) is 5.92 Å². The zero-order chi connectivity index (χ0) is 15.7. The molecule has 0 bridgehead atoms. The summed E-state index contributed by atoms with van der Waals surface area (Å²) in [5, 5.41) is 0. The van der Waals surface area contributed by atoms with Crippen molar-refractivity contribution in [3.05, 3.63) is 65.5 Å². The van der Waals surface area contributed by atoms with Crippen LogP contribution in [-0.4, -0.2) is 10.7 Å². The van der Waals surface area contributed by atoms with Gasteiger partial charge in [-0.1, -0.05) is 44.2 Å². The van der Waals surface area contributed by atoms with Gasteiger partial charge < -0.3 is 4.40 Å². The number of carbonyl (C=O) groups excluding carboxylic acids is 1. The molecule has 2 heterocycles. The van der Waals surface area contributed by atoms with E-state index in [1.165, 1.54) is 11.1 Å². The number of aryl methyl sites for hydroxylation is 1. The summed E-state index contributed by atoms with van der Waals surface area (Å²) in [5.74, 6) is 0.565. The number of pyridine rings is 1. The normalized spacial score (nSPS) is 12.5. The zero-order valence-corrected chi connectivity index (χ0v) is 13.3. The van der Waals surface area contributed by atoms with Crippen LogP contribution in [0.25, 0.3) is 16.6 Å². The van der Waals surface area contributed by atoms with Crippen LogP contribution in [0.4, 0.5) is 0 Å². The summed E-state index contributed by atoms with van der Waals surface area (Å²) in [6.07, 6.45) is 4.03. The van der Waals surface area contributed by atoms with E-state index in [1.54, 1.807) is 0 Å². The van der Waals surface area contributed by atoms with Crippen molar-refractivity contribution in [3.8, 4) is 11.1 Å². The lowest BCUT2D eigenvalue weighted by atomic mass is 9.96. The van der Waals surface area contributed by atoms with E-state index in [4.69, 9.17) is 0 Å². The van der Waals surface area contributed by atoms with Gasteiger partial charge in [-0.2, -0.15) is 0 Å². The molecule has 0 saturated carbocycles. The number of fused-ring (bicyclic) bond motifs is 1. The second-order valence-electron chi connectivity index (χ2n) is 5.94. The van der Waals surface area contributed by atoms with E-state index in [-0.39, 0.29) is 0 Å². The average Bonchev–Trinajstić information content (AvgIpc) is 2.94. The minimum absolute atomic E-state index is 0.565. The Morgan fingerprint density at radius 1 is 1.18 bits per heavy atom. The van der Waals surface area contributed by atoms with Gasteiger partial charge in [0.2, 0.25) is 0 Å². The molecule has 1 atom stereocenters. The van der Waals surface area contributed by atoms with Crippen LogP contribution in [0.2, 0.25) is 0 Å². The van der Waals surface area contributed by atoms with Gasteiger partial charge in [-0.15, -0.1) is 0 Å². The number of aromatic nitrogens is 1. The molecule has 0 amide bonds. The Morgan fingerprint density at radius 3 is 2.55 bits per heavy atom. The van der Waals surface area contributed by atoms with Gasteiger partial charge >= 0.3 is 0 Å². The van der Waals surface area contributed by atoms with Crippen LogP contribution in [-0.2, 0) is 0 Å². The van der Waals surface area contributed by atoms with Gasteiger partial charge in [0.15, 0.2) is 6.29 Å². The third-order valence-corrected chi connectivity index (χ3v) is 4.58. The molecule has 0 aliphatic heterocycles. The van der Waals surface area contributed by atoms with Crippen LogP contribution < -0.4 is 0 Å². The highest BCUT2D eigenvalue weighted by Gasteiger charge is 2.13. The van der Waals surface area contributed by atoms with Crippen molar-refractivity contribution in [3.63, 3.8) is 0 Å². The summed E-state index contributed by atoms with van der Waals surface area (Å²) in [5.41, 5.74) is 6.42. The average molecular weight is 291 g/mol. The predicted molar refractivity (Wildman–Crippen MR) is 91.7 cm³/mol. The van der Waals surface area contributed by atoms with Gasteiger partial charge in [-0.3, -0.25) is 4.79 Å². The maximum absolute atomic E-state index is 11.6. The summed E-state index contributed by atoms with van der Waals surface area (Å²) in [6, 6.07) is 14.7. The van der Waals surface area contributed by atoms with Crippen LogP contribution >= 0.6 is 0 Å². The highest BCUT2D eigenvalue weighted by Crippen LogP contribution is 2.29. The van der Waals surface area contributed by atoms with Crippen molar-refractivity contribution in [2.75, 3.05) is 0 Å². The van der Waals surface area contributed by atoms with Gasteiger partial charge in [0, 0.05) is 17.3 Å². The molecule has 0 aliphatic rings. The van der Waals surface area contributed by atoms with Crippen molar-refractivity contribution in [2.45, 2.75) is 33.1 Å². The SMILES string of the molecule is CCC(C)c1ccc(-c2cc3c(C)cccn3c2C=O)cc1. The van der Waals surface area contributed by atoms with Crippen LogP contribution in [0.15, 0.2) is 48.7 Å². The topological polar surface area (TPSA) is 21.5 Å². The molecular weight excluding hydrogens is 270 g/mol. The van der Waals surface area contributed by atoms with Crippen molar-refractivity contribution in [1.82, 2.24) is 4.40 Å². The molecule has 0 N–H and O–H groups in total. The molecule has 3 aromatic rings. The molecule has 1 aromatic carbocycles. The van der Waals surface area contributed by atoms with Crippen molar-refractivity contribution >= 4 is 11.8 Å². The molecule has 0 spiro atoms. The molecule has 0 radical (unpaired) electrons. The van der Waals surface area contributed by atoms with Gasteiger partial charge in [0.05, 0.1) is 5.69 Å². The molecule has 3 rings (SSSR count). The third kappa shape index (κ3) is 2.35. The molecule has 2 aromatic heterocycles. The van der Waals surface area contributed by atoms with Gasteiger partial charge in [-0.05, 0) is 48.1 Å². The summed E-state index contributed by atoms with van der Waals surface area (Å²) in [6.45, 7) is 6.51. The van der Waals surface area contributed by atoms with Gasteiger partial charge in [0.1, 0.15) is 0 Å². The minimum Gasteiger partial charge on any atom is -0.313 e. The van der Waals surface area contributed by atoms with Crippen LogP contribution in [0.3, 0.4) is 0 Å². The first-order chi connectivity index (χ1) is 10.7. The fourth-order valence-electron chi connectivity index (χ4n) is 2.94. The molecule has 1 unspecified atom stereocenters. The molecular formula is C20H21NO. The maximum atomic E-state index is 11.6. The fraction of sp³-hybridized carbons (Fsp3) is 0.250. The Labute approximate surface area is 131 Å². The number of nitrogens with zero attached hydrogens (tertiary/aromatic N) is 1. The number of rotatable bonds is 4. The number of carbonyl (C=O) groups is 1. The number of hydrogen-bond acceptors (Lipinski definition) is 1. The molecule has 2 heteroatoms. The highest BCUT2D eigenvalue weighted by atomic mass is 16.1.